The van der Waals surface area contributed by atoms with Crippen molar-refractivity contribution >= 4 is 32.5 Å². The predicted molar refractivity (Wildman–Crippen MR) is 112 cm³/mol. The van der Waals surface area contributed by atoms with Crippen molar-refractivity contribution in [3.05, 3.63) is 64.7 Å². The molecule has 5 nitrogen and oxygen atoms in total. The third-order valence-corrected chi connectivity index (χ3v) is 4.33. The summed E-state index contributed by atoms with van der Waals surface area (Å²) in [6.07, 6.45) is 0.733. The molecule has 150 valence electrons. The van der Waals surface area contributed by atoms with Gasteiger partial charge in [0.15, 0.2) is 5.78 Å². The van der Waals surface area contributed by atoms with E-state index in [2.05, 4.69) is 0 Å². The zero-order chi connectivity index (χ0) is 21.1. The predicted octanol–water partition coefficient (Wildman–Crippen LogP) is 5.11. The summed E-state index contributed by atoms with van der Waals surface area (Å²) < 4.78 is 18.8. The first-order valence-electron chi connectivity index (χ1n) is 8.77. The van der Waals surface area contributed by atoms with Crippen molar-refractivity contribution in [2.24, 2.45) is 5.92 Å². The van der Waals surface area contributed by atoms with Gasteiger partial charge in [-0.3, -0.25) is 9.59 Å². The number of Topliss-reactive ketones (excluding diaryl/α,β-unsaturated/α-hetero) is 1. The molecule has 0 fully saturated rings. The van der Waals surface area contributed by atoms with E-state index in [9.17, 15) is 9.59 Å². The van der Waals surface area contributed by atoms with E-state index < -0.39 is 17.7 Å². The highest BCUT2D eigenvalue weighted by atomic mass is 35.5. The smallest absolute Gasteiger partial charge is 0.321 e. The number of hydrogen-bond acceptors (Lipinski definition) is 5. The van der Waals surface area contributed by atoms with Crippen molar-refractivity contribution in [3.63, 3.8) is 0 Å². The van der Waals surface area contributed by atoms with Crippen LogP contribution in [0.4, 0.5) is 0 Å². The second-order valence-electron chi connectivity index (χ2n) is 6.38. The fourth-order valence-electron chi connectivity index (χ4n) is 2.58. The highest BCUT2D eigenvalue weighted by Crippen LogP contribution is 2.32. The Hall–Kier alpha value is -2.23. The Labute approximate surface area is 172 Å². The summed E-state index contributed by atoms with van der Waals surface area (Å²) in [4.78, 5) is 25.9. The monoisotopic (exact) mass is 423 g/mol. The first-order valence-corrected chi connectivity index (χ1v) is 9.62. The third-order valence-electron chi connectivity index (χ3n) is 4.01. The molecule has 0 spiro atoms. The van der Waals surface area contributed by atoms with E-state index in [0.29, 0.717) is 17.2 Å². The Kier molecular flexibility index (Phi) is 10.4. The van der Waals surface area contributed by atoms with Gasteiger partial charge < -0.3 is 9.47 Å². The molecule has 2 aromatic rings. The number of halogens is 1. The number of esters is 1. The average molecular weight is 424 g/mol. The van der Waals surface area contributed by atoms with Gasteiger partial charge in [0, 0.05) is 0 Å². The van der Waals surface area contributed by atoms with E-state index in [1.807, 2.05) is 19.9 Å². The second kappa shape index (κ2) is 12.3. The minimum Gasteiger partial charge on any atom is -0.496 e. The Balaban J connectivity index is 0.00000190. The van der Waals surface area contributed by atoms with Crippen molar-refractivity contribution in [2.45, 2.75) is 26.2 Å². The quantitative estimate of drug-likeness (QED) is 0.255. The summed E-state index contributed by atoms with van der Waals surface area (Å²) in [7, 11) is 2.63. The summed E-state index contributed by atoms with van der Waals surface area (Å²) in [6.45, 7) is 4.36. The van der Waals surface area contributed by atoms with Gasteiger partial charge in [0.2, 0.25) is 0 Å². The number of benzene rings is 2. The molecular weight excluding hydrogens is 399 g/mol. The normalized spacial score (nSPS) is 11.2. The fraction of sp³-hybridized carbons (Fsp3) is 0.333. The van der Waals surface area contributed by atoms with Crippen LogP contribution in [0, 0.1) is 5.92 Å². The van der Waals surface area contributed by atoms with Gasteiger partial charge in [0.1, 0.15) is 11.7 Å². The maximum absolute atomic E-state index is 13.2. The minimum absolute atomic E-state index is 0.186. The molecule has 0 radical (unpaired) electrons. The Bertz CT molecular complexity index is 780. The number of ether oxygens (including phenoxy) is 2. The third kappa shape index (κ3) is 6.43. The number of ketones is 1. The lowest BCUT2D eigenvalue weighted by Gasteiger charge is -2.18. The molecule has 0 heterocycles. The molecule has 0 saturated carbocycles. The molecule has 0 aromatic heterocycles. The Morgan fingerprint density at radius 2 is 1.68 bits per heavy atom. The lowest BCUT2D eigenvalue weighted by Crippen LogP contribution is -2.25. The van der Waals surface area contributed by atoms with Crippen molar-refractivity contribution in [3.8, 4) is 5.75 Å². The van der Waals surface area contributed by atoms with Gasteiger partial charge >= 0.3 is 15.1 Å². The zero-order valence-electron chi connectivity index (χ0n) is 16.2. The molecule has 28 heavy (non-hydrogen) atoms. The van der Waals surface area contributed by atoms with Crippen molar-refractivity contribution < 1.29 is 23.6 Å². The minimum atomic E-state index is -1.09. The first-order chi connectivity index (χ1) is 13.5. The fourth-order valence-corrected chi connectivity index (χ4v) is 2.84. The van der Waals surface area contributed by atoms with Gasteiger partial charge in [0.05, 0.1) is 24.3 Å². The molecule has 2 atom stereocenters. The van der Waals surface area contributed by atoms with E-state index in [4.69, 9.17) is 25.6 Å². The maximum Gasteiger partial charge on any atom is 0.321 e. The molecule has 7 heteroatoms. The molecule has 2 rings (SSSR count). The van der Waals surface area contributed by atoms with E-state index in [0.717, 1.165) is 6.42 Å². The summed E-state index contributed by atoms with van der Waals surface area (Å²) in [5, 5.41) is 0.241. The van der Waals surface area contributed by atoms with Crippen LogP contribution in [0.3, 0.4) is 0 Å². The van der Waals surface area contributed by atoms with Crippen LogP contribution in [0.25, 0.3) is 0 Å². The van der Waals surface area contributed by atoms with E-state index in [-0.39, 0.29) is 17.2 Å². The molecule has 0 aliphatic rings. The summed E-state index contributed by atoms with van der Waals surface area (Å²) >= 11 is 6.23. The van der Waals surface area contributed by atoms with E-state index >= 15 is 0 Å². The van der Waals surface area contributed by atoms with Crippen LogP contribution in [-0.2, 0) is 14.1 Å². The lowest BCUT2D eigenvalue weighted by atomic mass is 9.90. The maximum atomic E-state index is 13.2. The lowest BCUT2D eigenvalue weighted by molar-refractivity contribution is -0.144. The largest absolute Gasteiger partial charge is 0.496 e. The number of methoxy groups -OCH3 is 1. The SMILES string of the molecule is COc1cccc(Cl)c1C(=O)C(C(=O)OCCC(C)C)c1ccccc1.O=[PH2+]. The van der Waals surface area contributed by atoms with Crippen LogP contribution in [-0.4, -0.2) is 25.5 Å². The average Bonchev–Trinajstić information content (AvgIpc) is 2.69. The summed E-state index contributed by atoms with van der Waals surface area (Å²) in [5.41, 5.74) is 0.750. The first kappa shape index (κ1) is 23.8. The molecule has 2 aromatic carbocycles. The van der Waals surface area contributed by atoms with Crippen molar-refractivity contribution in [1.82, 2.24) is 0 Å². The number of carbonyl (C=O) groups is 2. The second-order valence-corrected chi connectivity index (χ2v) is 6.78. The Morgan fingerprint density at radius 1 is 1.04 bits per heavy atom. The van der Waals surface area contributed by atoms with Gasteiger partial charge in [-0.1, -0.05) is 66.4 Å². The topological polar surface area (TPSA) is 69.7 Å². The molecule has 2 unspecified atom stereocenters. The molecular formula is C21H25ClO5P+. The van der Waals surface area contributed by atoms with Crippen LogP contribution >= 0.6 is 20.7 Å². The molecule has 0 bridgehead atoms. The van der Waals surface area contributed by atoms with Crippen LogP contribution < -0.4 is 4.74 Å². The highest BCUT2D eigenvalue weighted by Gasteiger charge is 2.33. The van der Waals surface area contributed by atoms with Gasteiger partial charge in [-0.2, -0.15) is 0 Å². The van der Waals surface area contributed by atoms with Crippen LogP contribution in [0.15, 0.2) is 48.5 Å². The van der Waals surface area contributed by atoms with Gasteiger partial charge in [-0.05, 0) is 30.0 Å². The number of hydrogen-bond donors (Lipinski definition) is 0. The molecule has 0 N–H and O–H groups in total. The molecule has 0 amide bonds. The summed E-state index contributed by atoms with van der Waals surface area (Å²) in [6, 6.07) is 13.8. The van der Waals surface area contributed by atoms with Crippen molar-refractivity contribution in [2.75, 3.05) is 13.7 Å². The van der Waals surface area contributed by atoms with E-state index in [1.165, 1.54) is 16.2 Å². The Morgan fingerprint density at radius 3 is 2.25 bits per heavy atom. The highest BCUT2D eigenvalue weighted by molar-refractivity contribution is 7.00. The van der Waals surface area contributed by atoms with E-state index in [1.54, 1.807) is 42.5 Å². The number of rotatable bonds is 8. The molecule has 0 aliphatic carbocycles. The van der Waals surface area contributed by atoms with Crippen LogP contribution in [0.1, 0.15) is 42.1 Å². The summed E-state index contributed by atoms with van der Waals surface area (Å²) in [5.74, 6) is -1.37. The molecule has 0 aliphatic heterocycles. The standard InChI is InChI=1S/C21H23ClO4.H2OP/c1-14(2)12-13-26-21(24)18(15-8-5-4-6-9-15)20(23)19-16(22)10-7-11-17(19)25-3;1-2/h4-11,14,18H,12-13H2,1-3H3;2H2/q;+1. The van der Waals surface area contributed by atoms with Gasteiger partial charge in [-0.25, -0.2) is 0 Å². The van der Waals surface area contributed by atoms with Crippen LogP contribution in [0.2, 0.25) is 5.02 Å². The van der Waals surface area contributed by atoms with Gasteiger partial charge in [-0.15, -0.1) is 0 Å². The van der Waals surface area contributed by atoms with Gasteiger partial charge in [0.25, 0.3) is 0 Å². The van der Waals surface area contributed by atoms with Crippen LogP contribution in [0.5, 0.6) is 5.75 Å². The zero-order valence-corrected chi connectivity index (χ0v) is 18.1. The number of carbonyl (C=O) groups excluding carboxylic acids is 2. The van der Waals surface area contributed by atoms with Crippen molar-refractivity contribution in [1.29, 1.82) is 0 Å². The molecule has 0 saturated heterocycles.